The summed E-state index contributed by atoms with van der Waals surface area (Å²) >= 11 is 0. The monoisotopic (exact) mass is 361 g/mol. The van der Waals surface area contributed by atoms with Gasteiger partial charge in [0.15, 0.2) is 0 Å². The van der Waals surface area contributed by atoms with Crippen LogP contribution in [-0.2, 0) is 9.59 Å². The van der Waals surface area contributed by atoms with Crippen molar-refractivity contribution in [1.29, 1.82) is 0 Å². The molecule has 1 N–H and O–H groups in total. The Balaban J connectivity index is 2.12. The van der Waals surface area contributed by atoms with Crippen molar-refractivity contribution in [3.63, 3.8) is 0 Å². The first kappa shape index (κ1) is 19.8. The Labute approximate surface area is 154 Å². The fourth-order valence-corrected chi connectivity index (χ4v) is 2.91. The predicted octanol–water partition coefficient (Wildman–Crippen LogP) is 1.98. The number of benzene rings is 1. The molecule has 1 heterocycles. The molecule has 0 bridgehead atoms. The zero-order valence-electron chi connectivity index (χ0n) is 16.1. The van der Waals surface area contributed by atoms with Gasteiger partial charge in [0.05, 0.1) is 12.7 Å². The minimum absolute atomic E-state index is 0.0924. The minimum Gasteiger partial charge on any atom is -0.496 e. The maximum Gasteiger partial charge on any atom is 0.257 e. The number of hydrogen-bond donors (Lipinski definition) is 1. The number of rotatable bonds is 3. The largest absolute Gasteiger partial charge is 0.496 e. The van der Waals surface area contributed by atoms with Gasteiger partial charge in [0.2, 0.25) is 11.8 Å². The minimum atomic E-state index is -0.428. The Morgan fingerprint density at radius 2 is 1.62 bits per heavy atom. The second kappa shape index (κ2) is 7.76. The molecule has 7 heteroatoms. The van der Waals surface area contributed by atoms with E-state index in [2.05, 4.69) is 5.32 Å². The quantitative estimate of drug-likeness (QED) is 0.893. The van der Waals surface area contributed by atoms with Crippen molar-refractivity contribution in [2.75, 3.05) is 38.6 Å². The van der Waals surface area contributed by atoms with Gasteiger partial charge < -0.3 is 19.9 Å². The molecule has 0 atom stereocenters. The van der Waals surface area contributed by atoms with Crippen LogP contribution in [0.4, 0.5) is 5.69 Å². The van der Waals surface area contributed by atoms with E-state index in [0.29, 0.717) is 43.2 Å². The van der Waals surface area contributed by atoms with Crippen LogP contribution in [-0.4, -0.2) is 60.8 Å². The van der Waals surface area contributed by atoms with Crippen LogP contribution in [0.2, 0.25) is 0 Å². The summed E-state index contributed by atoms with van der Waals surface area (Å²) in [4.78, 5) is 40.1. The first-order valence-corrected chi connectivity index (χ1v) is 8.67. The van der Waals surface area contributed by atoms with Gasteiger partial charge in [-0.15, -0.1) is 0 Å². The molecule has 1 aromatic rings. The van der Waals surface area contributed by atoms with E-state index in [9.17, 15) is 14.4 Å². The number of carbonyl (C=O) groups excluding carboxylic acids is 3. The van der Waals surface area contributed by atoms with E-state index in [1.807, 2.05) is 20.8 Å². The van der Waals surface area contributed by atoms with Crippen LogP contribution in [0.15, 0.2) is 18.2 Å². The number of anilines is 1. The standard InChI is InChI=1S/C19H27N3O4/c1-13(23)20-14-6-7-16(26-5)15(12-14)17(24)21-8-10-22(11-9-21)18(25)19(2,3)4/h6-7,12H,8-11H2,1-5H3,(H,20,23). The smallest absolute Gasteiger partial charge is 0.257 e. The number of hydrogen-bond acceptors (Lipinski definition) is 4. The lowest BCUT2D eigenvalue weighted by atomic mass is 9.94. The number of amides is 3. The normalized spacial score (nSPS) is 14.8. The molecule has 0 saturated carbocycles. The summed E-state index contributed by atoms with van der Waals surface area (Å²) in [6, 6.07) is 4.98. The molecule has 1 aliphatic heterocycles. The fourth-order valence-electron chi connectivity index (χ4n) is 2.91. The molecule has 0 radical (unpaired) electrons. The van der Waals surface area contributed by atoms with E-state index in [-0.39, 0.29) is 17.7 Å². The van der Waals surface area contributed by atoms with Gasteiger partial charge in [0.1, 0.15) is 5.75 Å². The van der Waals surface area contributed by atoms with Gasteiger partial charge in [0, 0.05) is 44.2 Å². The van der Waals surface area contributed by atoms with Crippen LogP contribution in [0.25, 0.3) is 0 Å². The molecule has 0 aliphatic carbocycles. The van der Waals surface area contributed by atoms with Crippen molar-refractivity contribution >= 4 is 23.4 Å². The highest BCUT2D eigenvalue weighted by atomic mass is 16.5. The van der Waals surface area contributed by atoms with Crippen molar-refractivity contribution in [3.8, 4) is 5.75 Å². The molecule has 1 fully saturated rings. The summed E-state index contributed by atoms with van der Waals surface area (Å²) < 4.78 is 5.30. The molecule has 26 heavy (non-hydrogen) atoms. The van der Waals surface area contributed by atoms with Crippen molar-refractivity contribution in [2.45, 2.75) is 27.7 Å². The van der Waals surface area contributed by atoms with Crippen molar-refractivity contribution in [2.24, 2.45) is 5.41 Å². The molecule has 3 amide bonds. The van der Waals surface area contributed by atoms with Crippen molar-refractivity contribution in [3.05, 3.63) is 23.8 Å². The number of nitrogens with one attached hydrogen (secondary N) is 1. The highest BCUT2D eigenvalue weighted by molar-refractivity contribution is 5.99. The molecular formula is C19H27N3O4. The molecule has 1 aliphatic rings. The molecule has 0 unspecified atom stereocenters. The highest BCUT2D eigenvalue weighted by Gasteiger charge is 2.31. The van der Waals surface area contributed by atoms with Crippen molar-refractivity contribution < 1.29 is 19.1 Å². The van der Waals surface area contributed by atoms with Crippen LogP contribution >= 0.6 is 0 Å². The molecule has 1 saturated heterocycles. The van der Waals surface area contributed by atoms with Crippen LogP contribution in [0, 0.1) is 5.41 Å². The third-order valence-corrected chi connectivity index (χ3v) is 4.25. The number of piperazine rings is 1. The number of ether oxygens (including phenoxy) is 1. The molecular weight excluding hydrogens is 334 g/mol. The van der Waals surface area contributed by atoms with Gasteiger partial charge in [-0.2, -0.15) is 0 Å². The lowest BCUT2D eigenvalue weighted by Gasteiger charge is -2.37. The second-order valence-electron chi connectivity index (χ2n) is 7.43. The summed E-state index contributed by atoms with van der Waals surface area (Å²) in [6.07, 6.45) is 0. The third-order valence-electron chi connectivity index (χ3n) is 4.25. The summed E-state index contributed by atoms with van der Waals surface area (Å²) in [6.45, 7) is 9.05. The predicted molar refractivity (Wildman–Crippen MR) is 99.2 cm³/mol. The molecule has 142 valence electrons. The summed E-state index contributed by atoms with van der Waals surface area (Å²) in [5.41, 5.74) is 0.514. The Hall–Kier alpha value is -2.57. The van der Waals surface area contributed by atoms with Crippen LogP contribution in [0.3, 0.4) is 0 Å². The van der Waals surface area contributed by atoms with Crippen molar-refractivity contribution in [1.82, 2.24) is 9.80 Å². The third kappa shape index (κ3) is 4.53. The van der Waals surface area contributed by atoms with Gasteiger partial charge in [-0.05, 0) is 18.2 Å². The number of nitrogens with zero attached hydrogens (tertiary/aromatic N) is 2. The zero-order chi connectivity index (χ0) is 19.5. The van der Waals surface area contributed by atoms with Gasteiger partial charge in [-0.25, -0.2) is 0 Å². The highest BCUT2D eigenvalue weighted by Crippen LogP contribution is 2.25. The second-order valence-corrected chi connectivity index (χ2v) is 7.43. The van der Waals surface area contributed by atoms with Crippen LogP contribution in [0.5, 0.6) is 5.75 Å². The van der Waals surface area contributed by atoms with Crippen LogP contribution in [0.1, 0.15) is 38.1 Å². The Morgan fingerprint density at radius 3 is 2.12 bits per heavy atom. The number of methoxy groups -OCH3 is 1. The zero-order valence-corrected chi connectivity index (χ0v) is 16.1. The van der Waals surface area contributed by atoms with Crippen LogP contribution < -0.4 is 10.1 Å². The SMILES string of the molecule is COc1ccc(NC(C)=O)cc1C(=O)N1CCN(C(=O)C(C)(C)C)CC1. The summed E-state index contributed by atoms with van der Waals surface area (Å²) in [7, 11) is 1.50. The Morgan fingerprint density at radius 1 is 1.04 bits per heavy atom. The van der Waals surface area contributed by atoms with Gasteiger partial charge in [-0.3, -0.25) is 14.4 Å². The Kier molecular flexibility index (Phi) is 5.90. The lowest BCUT2D eigenvalue weighted by molar-refractivity contribution is -0.140. The topological polar surface area (TPSA) is 79.0 Å². The average Bonchev–Trinajstić information content (AvgIpc) is 2.59. The number of carbonyl (C=O) groups is 3. The lowest BCUT2D eigenvalue weighted by Crippen LogP contribution is -2.53. The van der Waals surface area contributed by atoms with Gasteiger partial charge in [-0.1, -0.05) is 20.8 Å². The molecule has 2 rings (SSSR count). The van der Waals surface area contributed by atoms with Gasteiger partial charge in [0.25, 0.3) is 5.91 Å². The molecule has 0 aromatic heterocycles. The van der Waals surface area contributed by atoms with E-state index in [0.717, 1.165) is 0 Å². The summed E-state index contributed by atoms with van der Waals surface area (Å²) in [5, 5.41) is 2.67. The maximum absolute atomic E-state index is 12.9. The fraction of sp³-hybridized carbons (Fsp3) is 0.526. The van der Waals surface area contributed by atoms with E-state index < -0.39 is 5.41 Å². The molecule has 1 aromatic carbocycles. The average molecular weight is 361 g/mol. The van der Waals surface area contributed by atoms with Gasteiger partial charge >= 0.3 is 0 Å². The molecule has 0 spiro atoms. The Bertz CT molecular complexity index is 701. The maximum atomic E-state index is 12.9. The van der Waals surface area contributed by atoms with E-state index >= 15 is 0 Å². The van der Waals surface area contributed by atoms with E-state index in [1.54, 1.807) is 28.0 Å². The first-order valence-electron chi connectivity index (χ1n) is 8.67. The van der Waals surface area contributed by atoms with E-state index in [4.69, 9.17) is 4.74 Å². The first-order chi connectivity index (χ1) is 12.1. The molecule has 7 nitrogen and oxygen atoms in total. The van der Waals surface area contributed by atoms with E-state index in [1.165, 1.54) is 14.0 Å². The summed E-state index contributed by atoms with van der Waals surface area (Å²) in [5.74, 6) is 0.173.